The molecule has 4 rings (SSSR count). The van der Waals surface area contributed by atoms with Crippen molar-refractivity contribution in [1.29, 1.82) is 0 Å². The molecular formula is C27H25Cl2N3O2. The number of halogens is 2. The van der Waals surface area contributed by atoms with E-state index in [2.05, 4.69) is 5.32 Å². The Morgan fingerprint density at radius 3 is 2.62 bits per heavy atom. The molecule has 4 aromatic rings. The molecule has 34 heavy (non-hydrogen) atoms. The van der Waals surface area contributed by atoms with Crippen molar-refractivity contribution < 1.29 is 9.53 Å². The molecule has 0 fully saturated rings. The number of nitrogens with zero attached hydrogens (tertiary/aromatic N) is 2. The zero-order valence-electron chi connectivity index (χ0n) is 19.2. The lowest BCUT2D eigenvalue weighted by Gasteiger charge is -2.12. The number of ether oxygens (including phenoxy) is 1. The number of carbonyl (C=O) groups excluding carboxylic acids is 1. The number of rotatable bonds is 7. The minimum Gasteiger partial charge on any atom is -0.497 e. The van der Waals surface area contributed by atoms with Gasteiger partial charge in [-0.3, -0.25) is 4.79 Å². The van der Waals surface area contributed by atoms with Crippen LogP contribution in [-0.2, 0) is 6.42 Å². The fraction of sp³-hybridized carbons (Fsp3) is 0.185. The molecule has 0 aliphatic rings. The largest absolute Gasteiger partial charge is 0.497 e. The summed E-state index contributed by atoms with van der Waals surface area (Å²) in [6.07, 6.45) is 0.585. The van der Waals surface area contributed by atoms with E-state index in [1.54, 1.807) is 30.0 Å². The minimum atomic E-state index is -0.215. The third kappa shape index (κ3) is 5.27. The van der Waals surface area contributed by atoms with Crippen LogP contribution in [0.2, 0.25) is 10.0 Å². The molecule has 1 aromatic heterocycles. The van der Waals surface area contributed by atoms with Crippen molar-refractivity contribution in [2.75, 3.05) is 13.7 Å². The monoisotopic (exact) mass is 493 g/mol. The molecule has 0 unspecified atom stereocenters. The van der Waals surface area contributed by atoms with E-state index in [1.165, 1.54) is 0 Å². The van der Waals surface area contributed by atoms with Gasteiger partial charge in [-0.15, -0.1) is 0 Å². The van der Waals surface area contributed by atoms with Gasteiger partial charge in [0.25, 0.3) is 5.91 Å². The minimum absolute atomic E-state index is 0.215. The van der Waals surface area contributed by atoms with Crippen molar-refractivity contribution in [2.45, 2.75) is 20.3 Å². The highest BCUT2D eigenvalue weighted by Gasteiger charge is 2.19. The topological polar surface area (TPSA) is 56.1 Å². The Kier molecular flexibility index (Phi) is 7.25. The van der Waals surface area contributed by atoms with E-state index < -0.39 is 0 Å². The molecular weight excluding hydrogens is 469 g/mol. The summed E-state index contributed by atoms with van der Waals surface area (Å²) in [5.41, 5.74) is 5.90. The van der Waals surface area contributed by atoms with Gasteiger partial charge in [0.05, 0.1) is 18.5 Å². The zero-order chi connectivity index (χ0) is 24.2. The highest BCUT2D eigenvalue weighted by molar-refractivity contribution is 6.35. The van der Waals surface area contributed by atoms with E-state index in [1.807, 2.05) is 62.4 Å². The summed E-state index contributed by atoms with van der Waals surface area (Å²) >= 11 is 12.3. The Labute approximate surface area is 209 Å². The van der Waals surface area contributed by atoms with Gasteiger partial charge in [0.1, 0.15) is 11.4 Å². The molecule has 0 saturated carbocycles. The SMILES string of the molecule is COc1cccc(-c2cc(C(=O)NCCc3ccc(Cl)cc3Cl)n(-c3cc(C)ccc3C)n2)c1. The van der Waals surface area contributed by atoms with Crippen LogP contribution in [0.4, 0.5) is 0 Å². The van der Waals surface area contributed by atoms with Gasteiger partial charge in [-0.05, 0) is 73.4 Å². The number of amides is 1. The first-order valence-corrected chi connectivity index (χ1v) is 11.7. The fourth-order valence-corrected chi connectivity index (χ4v) is 4.23. The second-order valence-electron chi connectivity index (χ2n) is 8.09. The number of nitrogens with one attached hydrogen (secondary N) is 1. The predicted octanol–water partition coefficient (Wildman–Crippen LogP) is 6.44. The second kappa shape index (κ2) is 10.3. The fourth-order valence-electron chi connectivity index (χ4n) is 3.72. The lowest BCUT2D eigenvalue weighted by atomic mass is 10.1. The number of hydrogen-bond donors (Lipinski definition) is 1. The van der Waals surface area contributed by atoms with Crippen LogP contribution in [0.1, 0.15) is 27.2 Å². The van der Waals surface area contributed by atoms with Crippen LogP contribution in [0.15, 0.2) is 66.7 Å². The van der Waals surface area contributed by atoms with Crippen LogP contribution >= 0.6 is 23.2 Å². The Bertz CT molecular complexity index is 1350. The summed E-state index contributed by atoms with van der Waals surface area (Å²) in [7, 11) is 1.62. The van der Waals surface area contributed by atoms with Crippen molar-refractivity contribution in [3.8, 4) is 22.7 Å². The highest BCUT2D eigenvalue weighted by Crippen LogP contribution is 2.27. The van der Waals surface area contributed by atoms with Gasteiger partial charge >= 0.3 is 0 Å². The molecule has 0 saturated heterocycles. The molecule has 174 valence electrons. The van der Waals surface area contributed by atoms with Crippen LogP contribution < -0.4 is 10.1 Å². The van der Waals surface area contributed by atoms with Gasteiger partial charge < -0.3 is 10.1 Å². The number of carbonyl (C=O) groups is 1. The molecule has 1 N–H and O–H groups in total. The average Bonchev–Trinajstić information content (AvgIpc) is 3.27. The maximum Gasteiger partial charge on any atom is 0.270 e. The summed E-state index contributed by atoms with van der Waals surface area (Å²) in [6.45, 7) is 4.45. The maximum atomic E-state index is 13.3. The molecule has 7 heteroatoms. The Morgan fingerprint density at radius 1 is 1.03 bits per heavy atom. The van der Waals surface area contributed by atoms with Crippen molar-refractivity contribution in [2.24, 2.45) is 0 Å². The quantitative estimate of drug-likeness (QED) is 0.322. The van der Waals surface area contributed by atoms with E-state index in [-0.39, 0.29) is 5.91 Å². The maximum absolute atomic E-state index is 13.3. The first kappa shape index (κ1) is 23.9. The van der Waals surface area contributed by atoms with Crippen LogP contribution in [0.25, 0.3) is 16.9 Å². The summed E-state index contributed by atoms with van der Waals surface area (Å²) in [5, 5.41) is 8.98. The van der Waals surface area contributed by atoms with Crippen molar-refractivity contribution in [1.82, 2.24) is 15.1 Å². The summed E-state index contributed by atoms with van der Waals surface area (Å²) in [4.78, 5) is 13.3. The van der Waals surface area contributed by atoms with Crippen molar-refractivity contribution in [3.05, 3.63) is 99.2 Å². The smallest absolute Gasteiger partial charge is 0.270 e. The first-order chi connectivity index (χ1) is 16.4. The molecule has 0 spiro atoms. The van der Waals surface area contributed by atoms with Crippen LogP contribution in [-0.4, -0.2) is 29.3 Å². The molecule has 0 bridgehead atoms. The third-order valence-corrected chi connectivity index (χ3v) is 6.18. The molecule has 5 nitrogen and oxygen atoms in total. The zero-order valence-corrected chi connectivity index (χ0v) is 20.7. The van der Waals surface area contributed by atoms with Crippen molar-refractivity contribution in [3.63, 3.8) is 0 Å². The number of methoxy groups -OCH3 is 1. The lowest BCUT2D eigenvalue weighted by molar-refractivity contribution is 0.0946. The first-order valence-electron chi connectivity index (χ1n) is 10.9. The molecule has 1 amide bonds. The lowest BCUT2D eigenvalue weighted by Crippen LogP contribution is -2.28. The predicted molar refractivity (Wildman–Crippen MR) is 138 cm³/mol. The molecule has 1 heterocycles. The summed E-state index contributed by atoms with van der Waals surface area (Å²) < 4.78 is 7.07. The number of benzene rings is 3. The van der Waals surface area contributed by atoms with Gasteiger partial charge in [0.15, 0.2) is 0 Å². The van der Waals surface area contributed by atoms with Gasteiger partial charge in [0, 0.05) is 22.2 Å². The summed E-state index contributed by atoms with van der Waals surface area (Å²) in [5.74, 6) is 0.511. The van der Waals surface area contributed by atoms with Gasteiger partial charge in [0.2, 0.25) is 0 Å². The Balaban J connectivity index is 1.65. The van der Waals surface area contributed by atoms with Crippen LogP contribution in [0.5, 0.6) is 5.75 Å². The van der Waals surface area contributed by atoms with E-state index in [0.717, 1.165) is 33.7 Å². The highest BCUT2D eigenvalue weighted by atomic mass is 35.5. The standard InChI is InChI=1S/C27H25Cl2N3O2/c1-17-7-8-18(2)25(13-17)32-26(16-24(31-32)20-5-4-6-22(14-20)34-3)27(33)30-12-11-19-9-10-21(28)15-23(19)29/h4-10,13-16H,11-12H2,1-3H3,(H,30,33). The van der Waals surface area contributed by atoms with Crippen molar-refractivity contribution >= 4 is 29.1 Å². The van der Waals surface area contributed by atoms with Crippen LogP contribution in [0, 0.1) is 13.8 Å². The van der Waals surface area contributed by atoms with E-state index in [4.69, 9.17) is 33.0 Å². The van der Waals surface area contributed by atoms with Crippen LogP contribution in [0.3, 0.4) is 0 Å². The van der Waals surface area contributed by atoms with E-state index >= 15 is 0 Å². The molecule has 0 radical (unpaired) electrons. The number of hydrogen-bond acceptors (Lipinski definition) is 3. The normalized spacial score (nSPS) is 10.9. The van der Waals surface area contributed by atoms with Gasteiger partial charge in [-0.2, -0.15) is 5.10 Å². The Hall–Kier alpha value is -3.28. The van der Waals surface area contributed by atoms with E-state index in [0.29, 0.717) is 34.4 Å². The average molecular weight is 494 g/mol. The molecule has 0 aliphatic heterocycles. The number of aryl methyl sites for hydroxylation is 2. The summed E-state index contributed by atoms with van der Waals surface area (Å²) in [6, 6.07) is 20.9. The van der Waals surface area contributed by atoms with E-state index in [9.17, 15) is 4.79 Å². The molecule has 0 aliphatic carbocycles. The Morgan fingerprint density at radius 2 is 1.85 bits per heavy atom. The second-order valence-corrected chi connectivity index (χ2v) is 8.93. The van der Waals surface area contributed by atoms with Gasteiger partial charge in [-0.1, -0.05) is 53.5 Å². The molecule has 0 atom stereocenters. The third-order valence-electron chi connectivity index (χ3n) is 5.60. The van der Waals surface area contributed by atoms with Gasteiger partial charge in [-0.25, -0.2) is 4.68 Å². The number of aromatic nitrogens is 2. The molecule has 3 aromatic carbocycles.